The molecule has 0 saturated heterocycles. The van der Waals surface area contributed by atoms with E-state index in [9.17, 15) is 14.2 Å². The van der Waals surface area contributed by atoms with Crippen molar-refractivity contribution < 1.29 is 14.2 Å². The molecule has 0 aliphatic rings. The molecule has 0 fully saturated rings. The van der Waals surface area contributed by atoms with Gasteiger partial charge in [-0.25, -0.2) is 0 Å². The maximum atomic E-state index is 11.3. The lowest BCUT2D eigenvalue weighted by molar-refractivity contribution is -0.108. The second kappa shape index (κ2) is 5.39. The van der Waals surface area contributed by atoms with Crippen molar-refractivity contribution in [3.8, 4) is 11.6 Å². The summed E-state index contributed by atoms with van der Waals surface area (Å²) in [6.07, 6.45) is 0.980. The molecule has 0 aromatic carbocycles. The predicted octanol–water partition coefficient (Wildman–Crippen LogP) is 0.0424. The van der Waals surface area contributed by atoms with Gasteiger partial charge in [0, 0.05) is 12.1 Å². The van der Waals surface area contributed by atoms with Crippen molar-refractivity contribution in [2.24, 2.45) is 0 Å². The van der Waals surface area contributed by atoms with Crippen LogP contribution < -0.4 is 10.2 Å². The van der Waals surface area contributed by atoms with Crippen molar-refractivity contribution >= 4 is 20.3 Å². The van der Waals surface area contributed by atoms with Crippen LogP contribution in [0.2, 0.25) is 0 Å². The van der Waals surface area contributed by atoms with Crippen molar-refractivity contribution in [1.29, 1.82) is 0 Å². The summed E-state index contributed by atoms with van der Waals surface area (Å²) in [5, 5.41) is 3.91. The molecule has 2 N–H and O–H groups in total. The number of rotatable bonds is 4. The lowest BCUT2D eigenvalue weighted by Crippen LogP contribution is -2.18. The van der Waals surface area contributed by atoms with Gasteiger partial charge in [0.15, 0.2) is 0 Å². The molecule has 2 amide bonds. The molecule has 0 unspecified atom stereocenters. The van der Waals surface area contributed by atoms with Crippen molar-refractivity contribution in [2.45, 2.75) is 13.3 Å². The average Bonchev–Trinajstić information content (AvgIpc) is 2.02. The first-order valence-electron chi connectivity index (χ1n) is 3.21. The maximum absolute atomic E-state index is 11.3. The Kier molecular flexibility index (Phi) is 4.82. The third-order valence-corrected chi connectivity index (χ3v) is 2.29. The van der Waals surface area contributed by atoms with Crippen LogP contribution in [0.25, 0.3) is 0 Å². The first-order chi connectivity index (χ1) is 5.68. The third-order valence-electron chi connectivity index (χ3n) is 0.882. The Hall–Kier alpha value is -1.27. The van der Waals surface area contributed by atoms with Crippen LogP contribution in [-0.4, -0.2) is 12.8 Å². The largest absolute Gasteiger partial charge is 0.334 e. The Morgan fingerprint density at radius 2 is 1.83 bits per heavy atom. The third kappa shape index (κ3) is 3.79. The minimum absolute atomic E-state index is 0.238. The highest BCUT2D eigenvalue weighted by atomic mass is 31.2. The number of carbonyl (C=O) groups is 2. The predicted molar refractivity (Wildman–Crippen MR) is 44.1 cm³/mol. The molecule has 0 bridgehead atoms. The molecule has 0 aromatic rings. The molecular formula is C6H9N2O3P. The fourth-order valence-electron chi connectivity index (χ4n) is 0.441. The fourth-order valence-corrected chi connectivity index (χ4v) is 1.32. The zero-order chi connectivity index (χ0) is 9.45. The van der Waals surface area contributed by atoms with E-state index in [2.05, 4.69) is 11.6 Å². The van der Waals surface area contributed by atoms with Gasteiger partial charge in [0.05, 0.1) is 0 Å². The van der Waals surface area contributed by atoms with E-state index in [-0.39, 0.29) is 12.8 Å². The molecule has 66 valence electrons. The van der Waals surface area contributed by atoms with Crippen LogP contribution in [0.4, 0.5) is 0 Å². The summed E-state index contributed by atoms with van der Waals surface area (Å²) >= 11 is 0. The van der Waals surface area contributed by atoms with Crippen molar-refractivity contribution in [3.63, 3.8) is 0 Å². The normalized spacial score (nSPS) is 9.08. The number of carbonyl (C=O) groups excluding carboxylic acids is 2. The van der Waals surface area contributed by atoms with E-state index < -0.39 is 7.44 Å². The molecule has 0 saturated carbocycles. The minimum atomic E-state index is -3.33. The lowest BCUT2D eigenvalue weighted by atomic mass is 10.5. The van der Waals surface area contributed by atoms with Crippen LogP contribution in [0.1, 0.15) is 13.3 Å². The zero-order valence-electron chi connectivity index (χ0n) is 6.53. The standard InChI is InChI=1S/C6H9N2O3P/c1-2-3-4-12(11,7-5-9)8-6-10/h5-6H,2H2,1H3,(H2,7,8,9,10,11). The van der Waals surface area contributed by atoms with Gasteiger partial charge < -0.3 is 0 Å². The van der Waals surface area contributed by atoms with Crippen LogP contribution in [0.5, 0.6) is 0 Å². The molecule has 0 heterocycles. The number of amides is 2. The van der Waals surface area contributed by atoms with Crippen molar-refractivity contribution in [3.05, 3.63) is 0 Å². The van der Waals surface area contributed by atoms with Crippen molar-refractivity contribution in [2.75, 3.05) is 0 Å². The summed E-state index contributed by atoms with van der Waals surface area (Å²) < 4.78 is 11.3. The molecule has 0 spiro atoms. The molecular weight excluding hydrogens is 179 g/mol. The fraction of sp³-hybridized carbons (Fsp3) is 0.333. The average molecular weight is 188 g/mol. The summed E-state index contributed by atoms with van der Waals surface area (Å²) in [4.78, 5) is 19.9. The number of hydrogen-bond acceptors (Lipinski definition) is 3. The maximum Gasteiger partial charge on any atom is 0.334 e. The Bertz CT molecular complexity index is 252. The smallest absolute Gasteiger partial charge is 0.284 e. The molecule has 0 atom stereocenters. The van der Waals surface area contributed by atoms with Gasteiger partial charge >= 0.3 is 7.44 Å². The van der Waals surface area contributed by atoms with Crippen LogP contribution in [0.3, 0.4) is 0 Å². The van der Waals surface area contributed by atoms with Crippen LogP contribution in [0, 0.1) is 11.6 Å². The van der Waals surface area contributed by atoms with Crippen LogP contribution in [-0.2, 0) is 14.2 Å². The summed E-state index contributed by atoms with van der Waals surface area (Å²) in [6.45, 7) is 1.76. The number of nitrogens with one attached hydrogen (secondary N) is 2. The minimum Gasteiger partial charge on any atom is -0.284 e. The molecule has 12 heavy (non-hydrogen) atoms. The van der Waals surface area contributed by atoms with Gasteiger partial charge in [-0.2, -0.15) is 0 Å². The van der Waals surface area contributed by atoms with Crippen LogP contribution >= 0.6 is 7.44 Å². The van der Waals surface area contributed by atoms with E-state index in [0.29, 0.717) is 6.42 Å². The molecule has 6 heteroatoms. The zero-order valence-corrected chi connectivity index (χ0v) is 7.43. The van der Waals surface area contributed by atoms with Gasteiger partial charge in [-0.15, -0.1) is 0 Å². The van der Waals surface area contributed by atoms with Gasteiger partial charge in [-0.3, -0.25) is 24.3 Å². The SMILES string of the molecule is CCC#CP(=O)(NC=O)NC=O. The van der Waals surface area contributed by atoms with E-state index in [1.54, 1.807) is 6.92 Å². The van der Waals surface area contributed by atoms with E-state index in [0.717, 1.165) is 0 Å². The van der Waals surface area contributed by atoms with Crippen LogP contribution in [0.15, 0.2) is 0 Å². The molecule has 0 aliphatic carbocycles. The highest BCUT2D eigenvalue weighted by molar-refractivity contribution is 7.66. The second-order valence-corrected chi connectivity index (χ2v) is 3.70. The Balaban J connectivity index is 4.48. The first kappa shape index (κ1) is 10.7. The topological polar surface area (TPSA) is 75.3 Å². The van der Waals surface area contributed by atoms with E-state index in [1.807, 2.05) is 10.2 Å². The summed E-state index contributed by atoms with van der Waals surface area (Å²) in [6, 6.07) is 0. The molecule has 0 rings (SSSR count). The first-order valence-corrected chi connectivity index (χ1v) is 4.92. The van der Waals surface area contributed by atoms with Gasteiger partial charge in [0.1, 0.15) is 0 Å². The summed E-state index contributed by atoms with van der Waals surface area (Å²) in [5.74, 6) is 2.50. The number of hydrogen-bond donors (Lipinski definition) is 2. The summed E-state index contributed by atoms with van der Waals surface area (Å²) in [5.41, 5.74) is 2.27. The van der Waals surface area contributed by atoms with Gasteiger partial charge in [0.25, 0.3) is 0 Å². The molecule has 0 aliphatic heterocycles. The Labute approximate surface area is 70.4 Å². The molecule has 0 aromatic heterocycles. The second-order valence-electron chi connectivity index (χ2n) is 1.75. The lowest BCUT2D eigenvalue weighted by Gasteiger charge is -2.06. The Morgan fingerprint density at radius 3 is 2.17 bits per heavy atom. The van der Waals surface area contributed by atoms with E-state index in [1.165, 1.54) is 0 Å². The van der Waals surface area contributed by atoms with E-state index in [4.69, 9.17) is 0 Å². The molecule has 5 nitrogen and oxygen atoms in total. The van der Waals surface area contributed by atoms with Gasteiger partial charge in [-0.05, 0) is 0 Å². The van der Waals surface area contributed by atoms with Crippen molar-refractivity contribution in [1.82, 2.24) is 10.2 Å². The molecule has 0 radical (unpaired) electrons. The monoisotopic (exact) mass is 188 g/mol. The quantitative estimate of drug-likeness (QED) is 0.371. The summed E-state index contributed by atoms with van der Waals surface area (Å²) in [7, 11) is -3.33. The highest BCUT2D eigenvalue weighted by Crippen LogP contribution is 2.31. The van der Waals surface area contributed by atoms with Gasteiger partial charge in [-0.1, -0.05) is 12.8 Å². The highest BCUT2D eigenvalue weighted by Gasteiger charge is 2.15. The Morgan fingerprint density at radius 1 is 1.33 bits per heavy atom. The van der Waals surface area contributed by atoms with E-state index >= 15 is 0 Å². The van der Waals surface area contributed by atoms with Gasteiger partial charge in [0.2, 0.25) is 12.8 Å².